The molecule has 0 aliphatic carbocycles. The van der Waals surface area contributed by atoms with Crippen LogP contribution >= 0.6 is 0 Å². The number of halogens is 3. The van der Waals surface area contributed by atoms with Crippen LogP contribution in [0.2, 0.25) is 0 Å². The van der Waals surface area contributed by atoms with Gasteiger partial charge < -0.3 is 9.84 Å². The summed E-state index contributed by atoms with van der Waals surface area (Å²) in [6.45, 7) is 6.99. The number of aliphatic hydroxyl groups is 1. The highest BCUT2D eigenvalue weighted by molar-refractivity contribution is 5.91. The third-order valence-corrected chi connectivity index (χ3v) is 4.58. The molecule has 0 bridgehead atoms. The summed E-state index contributed by atoms with van der Waals surface area (Å²) >= 11 is 0. The SMILES string of the molecule is Cc1ccc(OCC(=O)N2N=C(CCC(C)C)CC2(O)C(F)(F)F)cc1C. The van der Waals surface area contributed by atoms with Gasteiger partial charge in [0.15, 0.2) is 6.61 Å². The van der Waals surface area contributed by atoms with Gasteiger partial charge in [-0.2, -0.15) is 23.3 Å². The number of benzene rings is 1. The molecule has 27 heavy (non-hydrogen) atoms. The molecule has 0 saturated heterocycles. The normalized spacial score (nSPS) is 20.2. The van der Waals surface area contributed by atoms with E-state index >= 15 is 0 Å². The molecule has 0 radical (unpaired) electrons. The molecule has 1 N–H and O–H groups in total. The third kappa shape index (κ3) is 4.80. The van der Waals surface area contributed by atoms with Crippen molar-refractivity contribution in [2.75, 3.05) is 6.61 Å². The Balaban J connectivity index is 2.14. The van der Waals surface area contributed by atoms with Crippen molar-refractivity contribution in [3.05, 3.63) is 29.3 Å². The Morgan fingerprint density at radius 3 is 2.56 bits per heavy atom. The molecule has 0 aromatic heterocycles. The van der Waals surface area contributed by atoms with E-state index in [1.54, 1.807) is 18.2 Å². The fourth-order valence-electron chi connectivity index (χ4n) is 2.70. The third-order valence-electron chi connectivity index (χ3n) is 4.58. The first-order chi connectivity index (χ1) is 12.4. The van der Waals surface area contributed by atoms with E-state index < -0.39 is 30.8 Å². The summed E-state index contributed by atoms with van der Waals surface area (Å²) in [6, 6.07) is 5.12. The maximum atomic E-state index is 13.4. The molecule has 1 unspecified atom stereocenters. The van der Waals surface area contributed by atoms with E-state index in [4.69, 9.17) is 4.74 Å². The zero-order valence-corrected chi connectivity index (χ0v) is 15.9. The van der Waals surface area contributed by atoms with Crippen LogP contribution in [0.15, 0.2) is 23.3 Å². The van der Waals surface area contributed by atoms with Gasteiger partial charge in [-0.05, 0) is 55.9 Å². The van der Waals surface area contributed by atoms with E-state index in [2.05, 4.69) is 5.10 Å². The molecule has 8 heteroatoms. The monoisotopic (exact) mass is 386 g/mol. The summed E-state index contributed by atoms with van der Waals surface area (Å²) in [5, 5.41) is 14.1. The molecule has 1 amide bonds. The molecule has 0 saturated carbocycles. The van der Waals surface area contributed by atoms with Crippen LogP contribution in [0.3, 0.4) is 0 Å². The highest BCUT2D eigenvalue weighted by Gasteiger charge is 2.63. The first-order valence-corrected chi connectivity index (χ1v) is 8.82. The van der Waals surface area contributed by atoms with Crippen molar-refractivity contribution in [3.63, 3.8) is 0 Å². The van der Waals surface area contributed by atoms with Crippen molar-refractivity contribution in [1.29, 1.82) is 0 Å². The molecule has 1 aromatic rings. The number of hydrazone groups is 1. The van der Waals surface area contributed by atoms with E-state index in [9.17, 15) is 23.1 Å². The largest absolute Gasteiger partial charge is 0.484 e. The van der Waals surface area contributed by atoms with Gasteiger partial charge in [-0.3, -0.25) is 4.79 Å². The highest BCUT2D eigenvalue weighted by atomic mass is 19.4. The van der Waals surface area contributed by atoms with Crippen LogP contribution in [-0.2, 0) is 4.79 Å². The topological polar surface area (TPSA) is 62.1 Å². The Morgan fingerprint density at radius 2 is 2.00 bits per heavy atom. The predicted molar refractivity (Wildman–Crippen MR) is 95.4 cm³/mol. The van der Waals surface area contributed by atoms with Gasteiger partial charge in [0.25, 0.3) is 11.6 Å². The Labute approximate surface area is 156 Å². The van der Waals surface area contributed by atoms with Gasteiger partial charge in [-0.15, -0.1) is 0 Å². The highest BCUT2D eigenvalue weighted by Crippen LogP contribution is 2.41. The smallest absolute Gasteiger partial charge is 0.438 e. The Morgan fingerprint density at radius 1 is 1.33 bits per heavy atom. The van der Waals surface area contributed by atoms with Crippen LogP contribution in [0.4, 0.5) is 13.2 Å². The molecule has 1 atom stereocenters. The molecule has 1 aromatic carbocycles. The van der Waals surface area contributed by atoms with Crippen LogP contribution in [0.25, 0.3) is 0 Å². The summed E-state index contributed by atoms with van der Waals surface area (Å²) in [4.78, 5) is 12.4. The van der Waals surface area contributed by atoms with Gasteiger partial charge in [0.05, 0.1) is 0 Å². The molecule has 5 nitrogen and oxygen atoms in total. The number of carbonyl (C=O) groups excluding carboxylic acids is 1. The van der Waals surface area contributed by atoms with E-state index in [0.717, 1.165) is 11.1 Å². The summed E-state index contributed by atoms with van der Waals surface area (Å²) in [6.07, 6.45) is -4.85. The number of rotatable bonds is 6. The van der Waals surface area contributed by atoms with Crippen molar-refractivity contribution >= 4 is 11.6 Å². The minimum absolute atomic E-state index is 0.129. The van der Waals surface area contributed by atoms with Gasteiger partial charge in [0, 0.05) is 12.1 Å². The quantitative estimate of drug-likeness (QED) is 0.805. The van der Waals surface area contributed by atoms with E-state index in [1.807, 2.05) is 27.7 Å². The second-order valence-corrected chi connectivity index (χ2v) is 7.33. The van der Waals surface area contributed by atoms with E-state index in [0.29, 0.717) is 12.2 Å². The van der Waals surface area contributed by atoms with Crippen LogP contribution in [0.1, 0.15) is 44.2 Å². The lowest BCUT2D eigenvalue weighted by molar-refractivity contribution is -0.302. The maximum Gasteiger partial charge on any atom is 0.438 e. The molecular weight excluding hydrogens is 361 g/mol. The Hall–Kier alpha value is -2.09. The van der Waals surface area contributed by atoms with Crippen LogP contribution in [0.5, 0.6) is 5.75 Å². The van der Waals surface area contributed by atoms with Crippen molar-refractivity contribution in [3.8, 4) is 5.75 Å². The molecule has 0 fully saturated rings. The summed E-state index contributed by atoms with van der Waals surface area (Å²) in [5.74, 6) is -0.414. The molecule has 2 rings (SSSR count). The summed E-state index contributed by atoms with van der Waals surface area (Å²) < 4.78 is 45.6. The van der Waals surface area contributed by atoms with Gasteiger partial charge in [-0.25, -0.2) is 0 Å². The minimum Gasteiger partial charge on any atom is -0.484 e. The number of ether oxygens (including phenoxy) is 1. The lowest BCUT2D eigenvalue weighted by Gasteiger charge is -2.32. The van der Waals surface area contributed by atoms with Gasteiger partial charge >= 0.3 is 6.18 Å². The average Bonchev–Trinajstić information content (AvgIpc) is 2.92. The van der Waals surface area contributed by atoms with E-state index in [1.165, 1.54) is 0 Å². The predicted octanol–water partition coefficient (Wildman–Crippen LogP) is 3.96. The molecular formula is C19H25F3N2O3. The van der Waals surface area contributed by atoms with Crippen LogP contribution < -0.4 is 4.74 Å². The van der Waals surface area contributed by atoms with Crippen LogP contribution in [0, 0.1) is 19.8 Å². The maximum absolute atomic E-state index is 13.4. The lowest BCUT2D eigenvalue weighted by atomic mass is 9.99. The lowest BCUT2D eigenvalue weighted by Crippen LogP contribution is -2.57. The number of carbonyl (C=O) groups is 1. The Bertz CT molecular complexity index is 731. The van der Waals surface area contributed by atoms with Crippen molar-refractivity contribution < 1.29 is 27.8 Å². The zero-order chi connectivity index (χ0) is 20.4. The molecule has 1 aliphatic heterocycles. The fraction of sp³-hybridized carbons (Fsp3) is 0.579. The molecule has 0 spiro atoms. The standard InChI is InChI=1S/C19H25F3N2O3/c1-12(2)5-7-15-10-18(26,19(20,21)22)24(23-15)17(25)11-27-16-8-6-13(3)14(4)9-16/h6,8-9,12,26H,5,7,10-11H2,1-4H3. The second kappa shape index (κ2) is 7.88. The molecule has 1 aliphatic rings. The van der Waals surface area contributed by atoms with Crippen molar-refractivity contribution in [2.24, 2.45) is 11.0 Å². The number of aryl methyl sites for hydroxylation is 2. The number of hydrogen-bond donors (Lipinski definition) is 1. The second-order valence-electron chi connectivity index (χ2n) is 7.33. The molecule has 150 valence electrons. The van der Waals surface area contributed by atoms with Gasteiger partial charge in [0.1, 0.15) is 5.75 Å². The zero-order valence-electron chi connectivity index (χ0n) is 15.9. The van der Waals surface area contributed by atoms with Crippen molar-refractivity contribution in [2.45, 2.75) is 58.9 Å². The first kappa shape index (κ1) is 21.2. The number of alkyl halides is 3. The first-order valence-electron chi connectivity index (χ1n) is 8.82. The number of amides is 1. The van der Waals surface area contributed by atoms with E-state index in [-0.39, 0.29) is 23.1 Å². The van der Waals surface area contributed by atoms with Crippen LogP contribution in [-0.4, -0.2) is 40.2 Å². The minimum atomic E-state index is -5.02. The summed E-state index contributed by atoms with van der Waals surface area (Å²) in [5.41, 5.74) is -1.22. The Kier molecular flexibility index (Phi) is 6.19. The average molecular weight is 386 g/mol. The summed E-state index contributed by atoms with van der Waals surface area (Å²) in [7, 11) is 0. The van der Waals surface area contributed by atoms with Gasteiger partial charge in [-0.1, -0.05) is 19.9 Å². The van der Waals surface area contributed by atoms with Gasteiger partial charge in [0.2, 0.25) is 0 Å². The fourth-order valence-corrected chi connectivity index (χ4v) is 2.70. The number of nitrogens with zero attached hydrogens (tertiary/aromatic N) is 2. The molecule has 1 heterocycles. The number of hydrogen-bond acceptors (Lipinski definition) is 4. The van der Waals surface area contributed by atoms with Crippen molar-refractivity contribution in [1.82, 2.24) is 5.01 Å².